The molecule has 1 saturated carbocycles. The second-order valence-corrected chi connectivity index (χ2v) is 7.60. The van der Waals surface area contributed by atoms with Crippen LogP contribution in [0.15, 0.2) is 23.1 Å². The molecule has 1 aromatic carbocycles. The molecule has 0 bridgehead atoms. The molecule has 6 heteroatoms. The Kier molecular flexibility index (Phi) is 5.01. The van der Waals surface area contributed by atoms with Gasteiger partial charge in [0, 0.05) is 30.7 Å². The fourth-order valence-electron chi connectivity index (χ4n) is 2.34. The van der Waals surface area contributed by atoms with Gasteiger partial charge in [0.2, 0.25) is 10.0 Å². The van der Waals surface area contributed by atoms with Crippen molar-refractivity contribution in [3.05, 3.63) is 29.6 Å². The zero-order valence-electron chi connectivity index (χ0n) is 12.8. The van der Waals surface area contributed by atoms with E-state index in [0.29, 0.717) is 24.7 Å². The summed E-state index contributed by atoms with van der Waals surface area (Å²) in [6, 6.07) is 4.36. The van der Waals surface area contributed by atoms with Crippen LogP contribution in [0.4, 0.5) is 4.39 Å². The number of sulfonamides is 1. The van der Waals surface area contributed by atoms with Crippen LogP contribution in [0.5, 0.6) is 0 Å². The zero-order chi connectivity index (χ0) is 15.6. The third-order valence-electron chi connectivity index (χ3n) is 3.67. The summed E-state index contributed by atoms with van der Waals surface area (Å²) in [5, 5.41) is 3.21. The Hall–Kier alpha value is -0.980. The topological polar surface area (TPSA) is 49.4 Å². The third-order valence-corrected chi connectivity index (χ3v) is 5.82. The fraction of sp³-hybridized carbons (Fsp3) is 0.600. The van der Waals surface area contributed by atoms with E-state index in [1.165, 1.54) is 22.5 Å². The van der Waals surface area contributed by atoms with Crippen LogP contribution in [0.2, 0.25) is 0 Å². The SMILES string of the molecule is CCN(C(C)C)S(=O)(=O)c1ccc(F)c(CNC2CC2)c1. The highest BCUT2D eigenvalue weighted by Gasteiger charge is 2.26. The molecule has 0 spiro atoms. The fourth-order valence-corrected chi connectivity index (χ4v) is 4.03. The Bertz CT molecular complexity index is 598. The van der Waals surface area contributed by atoms with E-state index in [-0.39, 0.29) is 16.8 Å². The minimum atomic E-state index is -3.57. The Balaban J connectivity index is 2.27. The van der Waals surface area contributed by atoms with Crippen molar-refractivity contribution in [2.24, 2.45) is 0 Å². The molecule has 1 aliphatic rings. The summed E-state index contributed by atoms with van der Waals surface area (Å²) in [6.45, 7) is 6.23. The quantitative estimate of drug-likeness (QED) is 0.841. The average Bonchev–Trinajstić information content (AvgIpc) is 3.21. The van der Waals surface area contributed by atoms with Gasteiger partial charge in [0.1, 0.15) is 5.82 Å². The molecule has 1 aromatic rings. The molecule has 0 radical (unpaired) electrons. The first-order valence-corrected chi connectivity index (χ1v) is 8.84. The summed E-state index contributed by atoms with van der Waals surface area (Å²) in [6.07, 6.45) is 2.22. The molecule has 0 aromatic heterocycles. The number of halogens is 1. The van der Waals surface area contributed by atoms with E-state index in [1.807, 2.05) is 13.8 Å². The molecule has 118 valence electrons. The number of hydrogen-bond donors (Lipinski definition) is 1. The maximum absolute atomic E-state index is 13.8. The molecule has 2 rings (SSSR count). The van der Waals surface area contributed by atoms with Crippen LogP contribution in [-0.4, -0.2) is 31.4 Å². The minimum Gasteiger partial charge on any atom is -0.310 e. The number of rotatable bonds is 7. The maximum atomic E-state index is 13.8. The van der Waals surface area contributed by atoms with E-state index in [9.17, 15) is 12.8 Å². The lowest BCUT2D eigenvalue weighted by molar-refractivity contribution is 0.369. The zero-order valence-corrected chi connectivity index (χ0v) is 13.6. The minimum absolute atomic E-state index is 0.127. The van der Waals surface area contributed by atoms with Crippen LogP contribution in [0, 0.1) is 5.82 Å². The lowest BCUT2D eigenvalue weighted by Gasteiger charge is -2.24. The van der Waals surface area contributed by atoms with E-state index in [4.69, 9.17) is 0 Å². The van der Waals surface area contributed by atoms with Crippen LogP contribution in [-0.2, 0) is 16.6 Å². The van der Waals surface area contributed by atoms with Crippen LogP contribution in [0.3, 0.4) is 0 Å². The molecule has 0 saturated heterocycles. The lowest BCUT2D eigenvalue weighted by Crippen LogP contribution is -2.36. The van der Waals surface area contributed by atoms with Gasteiger partial charge in [-0.3, -0.25) is 0 Å². The molecule has 1 aliphatic carbocycles. The standard InChI is InChI=1S/C15H23FN2O2S/c1-4-18(11(2)3)21(19,20)14-7-8-15(16)12(9-14)10-17-13-5-6-13/h7-9,11,13,17H,4-6,10H2,1-3H3. The highest BCUT2D eigenvalue weighted by atomic mass is 32.2. The van der Waals surface area contributed by atoms with Gasteiger partial charge in [-0.1, -0.05) is 6.92 Å². The first-order chi connectivity index (χ1) is 9.86. The molecule has 1 fully saturated rings. The molecule has 0 atom stereocenters. The van der Waals surface area contributed by atoms with E-state index in [0.717, 1.165) is 12.8 Å². The summed E-state index contributed by atoms with van der Waals surface area (Å²) < 4.78 is 40.4. The number of nitrogens with zero attached hydrogens (tertiary/aromatic N) is 1. The van der Waals surface area contributed by atoms with Gasteiger partial charge in [-0.25, -0.2) is 12.8 Å². The average molecular weight is 314 g/mol. The van der Waals surface area contributed by atoms with E-state index in [1.54, 1.807) is 6.92 Å². The molecule has 0 heterocycles. The summed E-state index contributed by atoms with van der Waals surface area (Å²) in [5.41, 5.74) is 0.405. The van der Waals surface area contributed by atoms with Crippen molar-refractivity contribution in [1.29, 1.82) is 0 Å². The second-order valence-electron chi connectivity index (χ2n) is 5.71. The predicted molar refractivity (Wildman–Crippen MR) is 81.0 cm³/mol. The number of benzene rings is 1. The molecule has 0 unspecified atom stereocenters. The van der Waals surface area contributed by atoms with Crippen LogP contribution in [0.1, 0.15) is 39.2 Å². The van der Waals surface area contributed by atoms with Gasteiger partial charge in [-0.2, -0.15) is 4.31 Å². The summed E-state index contributed by atoms with van der Waals surface area (Å²) in [7, 11) is -3.57. The lowest BCUT2D eigenvalue weighted by atomic mass is 10.2. The van der Waals surface area contributed by atoms with Crippen molar-refractivity contribution in [2.45, 2.75) is 57.1 Å². The predicted octanol–water partition coefficient (Wildman–Crippen LogP) is 2.50. The Morgan fingerprint density at radius 1 is 1.38 bits per heavy atom. The third kappa shape index (κ3) is 3.81. The van der Waals surface area contributed by atoms with Crippen molar-refractivity contribution in [2.75, 3.05) is 6.54 Å². The van der Waals surface area contributed by atoms with Crippen molar-refractivity contribution in [3.8, 4) is 0 Å². The van der Waals surface area contributed by atoms with Crippen LogP contribution < -0.4 is 5.32 Å². The van der Waals surface area contributed by atoms with Crippen molar-refractivity contribution >= 4 is 10.0 Å². The Morgan fingerprint density at radius 3 is 2.57 bits per heavy atom. The van der Waals surface area contributed by atoms with E-state index in [2.05, 4.69) is 5.32 Å². The molecule has 21 heavy (non-hydrogen) atoms. The van der Waals surface area contributed by atoms with Crippen LogP contribution in [0.25, 0.3) is 0 Å². The van der Waals surface area contributed by atoms with Gasteiger partial charge < -0.3 is 5.32 Å². The molecule has 4 nitrogen and oxygen atoms in total. The normalized spacial score (nSPS) is 15.9. The van der Waals surface area contributed by atoms with E-state index >= 15 is 0 Å². The van der Waals surface area contributed by atoms with E-state index < -0.39 is 10.0 Å². The number of nitrogens with one attached hydrogen (secondary N) is 1. The smallest absolute Gasteiger partial charge is 0.243 e. The summed E-state index contributed by atoms with van der Waals surface area (Å²) in [5.74, 6) is -0.366. The highest BCUT2D eigenvalue weighted by molar-refractivity contribution is 7.89. The van der Waals surface area contributed by atoms with Gasteiger partial charge in [0.05, 0.1) is 4.90 Å². The first-order valence-electron chi connectivity index (χ1n) is 7.40. The van der Waals surface area contributed by atoms with Gasteiger partial charge in [0.25, 0.3) is 0 Å². The Morgan fingerprint density at radius 2 is 2.05 bits per heavy atom. The molecule has 0 amide bonds. The van der Waals surface area contributed by atoms with Gasteiger partial charge >= 0.3 is 0 Å². The summed E-state index contributed by atoms with van der Waals surface area (Å²) in [4.78, 5) is 0.159. The molecule has 1 N–H and O–H groups in total. The number of hydrogen-bond acceptors (Lipinski definition) is 3. The van der Waals surface area contributed by atoms with Gasteiger partial charge in [0.15, 0.2) is 0 Å². The molecular weight excluding hydrogens is 291 g/mol. The molecule has 0 aliphatic heterocycles. The maximum Gasteiger partial charge on any atom is 0.243 e. The van der Waals surface area contributed by atoms with Crippen molar-refractivity contribution < 1.29 is 12.8 Å². The monoisotopic (exact) mass is 314 g/mol. The highest BCUT2D eigenvalue weighted by Crippen LogP contribution is 2.23. The Labute approximate surface area is 126 Å². The first kappa shape index (κ1) is 16.4. The van der Waals surface area contributed by atoms with Gasteiger partial charge in [-0.05, 0) is 44.9 Å². The largest absolute Gasteiger partial charge is 0.310 e. The van der Waals surface area contributed by atoms with Crippen molar-refractivity contribution in [3.63, 3.8) is 0 Å². The summed E-state index contributed by atoms with van der Waals surface area (Å²) >= 11 is 0. The van der Waals surface area contributed by atoms with Crippen molar-refractivity contribution in [1.82, 2.24) is 9.62 Å². The molecular formula is C15H23FN2O2S. The van der Waals surface area contributed by atoms with Gasteiger partial charge in [-0.15, -0.1) is 0 Å². The van der Waals surface area contributed by atoms with Crippen LogP contribution >= 0.6 is 0 Å². The second kappa shape index (κ2) is 6.42.